The molecule has 8 nitrogen and oxygen atoms in total. The van der Waals surface area contributed by atoms with E-state index >= 15 is 0 Å². The minimum Gasteiger partial charge on any atom is -0.491 e. The van der Waals surface area contributed by atoms with E-state index in [-0.39, 0.29) is 26.4 Å². The second kappa shape index (κ2) is 9.22. The predicted octanol–water partition coefficient (Wildman–Crippen LogP) is 1.28. The lowest BCUT2D eigenvalue weighted by Crippen LogP contribution is -2.10. The Labute approximate surface area is 127 Å². The smallest absolute Gasteiger partial charge is 0.469 e. The van der Waals surface area contributed by atoms with Crippen LogP contribution in [0.2, 0.25) is 0 Å². The summed E-state index contributed by atoms with van der Waals surface area (Å²) in [6, 6.07) is 6.55. The van der Waals surface area contributed by atoms with Gasteiger partial charge in [0.25, 0.3) is 0 Å². The molecule has 0 radical (unpaired) electrons. The van der Waals surface area contributed by atoms with Crippen molar-refractivity contribution in [3.05, 3.63) is 36.9 Å². The maximum atomic E-state index is 10.8. The molecule has 0 aliphatic carbocycles. The fraction of sp³-hybridized carbons (Fsp3) is 0.308. The van der Waals surface area contributed by atoms with Gasteiger partial charge in [0.1, 0.15) is 31.3 Å². The molecule has 0 aromatic heterocycles. The van der Waals surface area contributed by atoms with Crippen molar-refractivity contribution >= 4 is 13.8 Å². The van der Waals surface area contributed by atoms with Crippen LogP contribution in [0.15, 0.2) is 36.9 Å². The highest BCUT2D eigenvalue weighted by Gasteiger charge is 2.12. The summed E-state index contributed by atoms with van der Waals surface area (Å²) < 4.78 is 30.0. The number of hydrogen-bond donors (Lipinski definition) is 2. The molecule has 0 saturated heterocycles. The Morgan fingerprint density at radius 2 is 1.55 bits per heavy atom. The molecule has 1 aromatic carbocycles. The number of ether oxygens (including phenoxy) is 3. The predicted molar refractivity (Wildman–Crippen MR) is 76.6 cm³/mol. The minimum atomic E-state index is -4.46. The Morgan fingerprint density at radius 3 is 2.00 bits per heavy atom. The van der Waals surface area contributed by atoms with Crippen LogP contribution in [-0.2, 0) is 18.6 Å². The van der Waals surface area contributed by atoms with Crippen molar-refractivity contribution in [3.8, 4) is 11.5 Å². The summed E-state index contributed by atoms with van der Waals surface area (Å²) in [5, 5.41) is 0. The zero-order valence-electron chi connectivity index (χ0n) is 11.7. The third-order valence-corrected chi connectivity index (χ3v) is 2.72. The van der Waals surface area contributed by atoms with Crippen molar-refractivity contribution in [2.45, 2.75) is 0 Å². The second-order valence-corrected chi connectivity index (χ2v) is 5.10. The van der Waals surface area contributed by atoms with E-state index in [4.69, 9.17) is 24.0 Å². The Hall–Kier alpha value is -1.86. The van der Waals surface area contributed by atoms with Gasteiger partial charge < -0.3 is 24.0 Å². The highest BCUT2D eigenvalue weighted by Crippen LogP contribution is 2.35. The molecule has 1 aromatic rings. The summed E-state index contributed by atoms with van der Waals surface area (Å²) in [5.74, 6) is 0.554. The van der Waals surface area contributed by atoms with E-state index in [1.54, 1.807) is 24.3 Å². The maximum Gasteiger partial charge on any atom is 0.469 e. The fourth-order valence-corrected chi connectivity index (χ4v) is 1.62. The normalized spacial score (nSPS) is 10.8. The Kier molecular flexibility index (Phi) is 7.62. The maximum absolute atomic E-state index is 10.8. The van der Waals surface area contributed by atoms with Crippen LogP contribution in [0.5, 0.6) is 11.5 Å². The molecule has 0 aliphatic heterocycles. The van der Waals surface area contributed by atoms with E-state index in [1.807, 2.05) is 0 Å². The van der Waals surface area contributed by atoms with E-state index in [1.165, 1.54) is 0 Å². The van der Waals surface area contributed by atoms with Gasteiger partial charge in [0, 0.05) is 6.08 Å². The summed E-state index contributed by atoms with van der Waals surface area (Å²) in [4.78, 5) is 27.8. The fourth-order valence-electron chi connectivity index (χ4n) is 1.31. The van der Waals surface area contributed by atoms with Gasteiger partial charge in [0.05, 0.1) is 6.61 Å². The molecule has 22 heavy (non-hydrogen) atoms. The molecule has 0 spiro atoms. The van der Waals surface area contributed by atoms with Gasteiger partial charge >= 0.3 is 13.8 Å². The highest BCUT2D eigenvalue weighted by atomic mass is 31.2. The summed E-state index contributed by atoms with van der Waals surface area (Å²) in [6.07, 6.45) is 1.07. The van der Waals surface area contributed by atoms with Gasteiger partial charge in [-0.1, -0.05) is 6.58 Å². The van der Waals surface area contributed by atoms with Gasteiger partial charge in [-0.3, -0.25) is 4.52 Å². The van der Waals surface area contributed by atoms with Crippen LogP contribution in [0, 0.1) is 0 Å². The van der Waals surface area contributed by atoms with E-state index in [0.717, 1.165) is 6.08 Å². The quantitative estimate of drug-likeness (QED) is 0.285. The molecule has 2 N–H and O–H groups in total. The van der Waals surface area contributed by atoms with Gasteiger partial charge in [0.2, 0.25) is 0 Å². The van der Waals surface area contributed by atoms with E-state index in [0.29, 0.717) is 11.5 Å². The van der Waals surface area contributed by atoms with Gasteiger partial charge in [-0.25, -0.2) is 9.36 Å². The Balaban J connectivity index is 2.23. The summed E-state index contributed by atoms with van der Waals surface area (Å²) in [5.41, 5.74) is 0. The molecule has 0 bridgehead atoms. The average Bonchev–Trinajstić information content (AvgIpc) is 2.48. The lowest BCUT2D eigenvalue weighted by molar-refractivity contribution is -0.138. The van der Waals surface area contributed by atoms with Crippen molar-refractivity contribution in [2.24, 2.45) is 0 Å². The second-order valence-electron chi connectivity index (χ2n) is 3.86. The van der Waals surface area contributed by atoms with E-state index < -0.39 is 13.8 Å². The molecular weight excluding hydrogens is 315 g/mol. The van der Waals surface area contributed by atoms with Gasteiger partial charge in [-0.05, 0) is 24.3 Å². The Morgan fingerprint density at radius 1 is 1.05 bits per heavy atom. The van der Waals surface area contributed by atoms with Crippen LogP contribution in [0.4, 0.5) is 0 Å². The monoisotopic (exact) mass is 332 g/mol. The molecule has 0 heterocycles. The SMILES string of the molecule is C=CC(=O)OCCOc1ccc(OCCOP(=O)(O)O)cc1. The highest BCUT2D eigenvalue weighted by molar-refractivity contribution is 7.46. The molecule has 0 unspecified atom stereocenters. The van der Waals surface area contributed by atoms with Crippen molar-refractivity contribution < 1.29 is 37.9 Å². The molecule has 122 valence electrons. The first-order valence-corrected chi connectivity index (χ1v) is 7.78. The number of benzene rings is 1. The molecule has 9 heteroatoms. The van der Waals surface area contributed by atoms with Crippen molar-refractivity contribution in [3.63, 3.8) is 0 Å². The summed E-state index contributed by atoms with van der Waals surface area (Å²) in [7, 11) is -4.46. The Bertz CT molecular complexity index is 521. The molecule has 0 saturated carbocycles. The lowest BCUT2D eigenvalue weighted by Gasteiger charge is -2.09. The zero-order chi connectivity index (χ0) is 16.4. The van der Waals surface area contributed by atoms with Crippen LogP contribution in [0.1, 0.15) is 0 Å². The number of carbonyl (C=O) groups is 1. The largest absolute Gasteiger partial charge is 0.491 e. The minimum absolute atomic E-state index is 0.00280. The number of hydrogen-bond acceptors (Lipinski definition) is 6. The summed E-state index contributed by atoms with van der Waals surface area (Å²) >= 11 is 0. The molecule has 0 fully saturated rings. The first kappa shape index (κ1) is 18.2. The number of esters is 1. The first-order chi connectivity index (χ1) is 10.4. The molecular formula is C13H17O8P. The van der Waals surface area contributed by atoms with Crippen molar-refractivity contribution in [1.29, 1.82) is 0 Å². The molecule has 0 amide bonds. The van der Waals surface area contributed by atoms with Gasteiger partial charge in [0.15, 0.2) is 0 Å². The summed E-state index contributed by atoms with van der Waals surface area (Å²) in [6.45, 7) is 3.37. The third-order valence-electron chi connectivity index (χ3n) is 2.20. The number of carbonyl (C=O) groups excluding carboxylic acids is 1. The number of phosphoric acid groups is 1. The first-order valence-electron chi connectivity index (χ1n) is 6.25. The van der Waals surface area contributed by atoms with Gasteiger partial charge in [-0.2, -0.15) is 0 Å². The number of rotatable bonds is 10. The van der Waals surface area contributed by atoms with Crippen LogP contribution in [-0.4, -0.2) is 42.2 Å². The zero-order valence-corrected chi connectivity index (χ0v) is 12.6. The van der Waals surface area contributed by atoms with E-state index in [9.17, 15) is 9.36 Å². The lowest BCUT2D eigenvalue weighted by atomic mass is 10.3. The topological polar surface area (TPSA) is 112 Å². The van der Waals surface area contributed by atoms with Crippen molar-refractivity contribution in [1.82, 2.24) is 0 Å². The third kappa shape index (κ3) is 8.43. The van der Waals surface area contributed by atoms with Crippen LogP contribution in [0.3, 0.4) is 0 Å². The van der Waals surface area contributed by atoms with Crippen LogP contribution < -0.4 is 9.47 Å². The molecule has 0 atom stereocenters. The standard InChI is InChI=1S/C13H17O8P/c1-2-13(14)20-8-7-18-11-3-5-12(6-4-11)19-9-10-21-22(15,16)17/h2-6H,1,7-10H2,(H2,15,16,17). The number of phosphoric ester groups is 1. The van der Waals surface area contributed by atoms with Crippen LogP contribution >= 0.6 is 7.82 Å². The van der Waals surface area contributed by atoms with Crippen molar-refractivity contribution in [2.75, 3.05) is 26.4 Å². The molecule has 1 rings (SSSR count). The average molecular weight is 332 g/mol. The van der Waals surface area contributed by atoms with Gasteiger partial charge in [-0.15, -0.1) is 0 Å². The molecule has 0 aliphatic rings. The van der Waals surface area contributed by atoms with Crippen LogP contribution in [0.25, 0.3) is 0 Å². The van der Waals surface area contributed by atoms with E-state index in [2.05, 4.69) is 11.1 Å².